The Kier molecular flexibility index (Phi) is 4.44. The average molecular weight is 337 g/mol. The molecule has 0 radical (unpaired) electrons. The van der Waals surface area contributed by atoms with Crippen LogP contribution in [0, 0.1) is 12.8 Å². The second-order valence-electron chi connectivity index (χ2n) is 6.58. The summed E-state index contributed by atoms with van der Waals surface area (Å²) >= 11 is 0. The fourth-order valence-electron chi connectivity index (χ4n) is 3.03. The van der Waals surface area contributed by atoms with Crippen LogP contribution in [0.1, 0.15) is 28.8 Å². The Balaban J connectivity index is 1.74. The molecule has 0 aromatic heterocycles. The normalized spacial score (nSPS) is 19.8. The van der Waals surface area contributed by atoms with E-state index in [1.165, 1.54) is 18.9 Å². The molecule has 7 heteroatoms. The van der Waals surface area contributed by atoms with Crippen molar-refractivity contribution >= 4 is 15.9 Å². The summed E-state index contributed by atoms with van der Waals surface area (Å²) in [6.45, 7) is 5.90. The highest BCUT2D eigenvalue weighted by molar-refractivity contribution is 7.89. The molecule has 2 aliphatic rings. The number of piperazine rings is 1. The minimum absolute atomic E-state index is 0.0893. The molecule has 1 aromatic carbocycles. The molecule has 6 nitrogen and oxygen atoms in total. The van der Waals surface area contributed by atoms with Crippen molar-refractivity contribution in [2.24, 2.45) is 11.1 Å². The number of aryl methyl sites for hydroxylation is 1. The largest absolute Gasteiger partial charge is 0.336 e. The first kappa shape index (κ1) is 16.4. The van der Waals surface area contributed by atoms with E-state index in [1.807, 2.05) is 6.92 Å². The molecular formula is C16H23N3O3S. The fourth-order valence-corrected chi connectivity index (χ4v) is 3.74. The Morgan fingerprint density at radius 2 is 1.87 bits per heavy atom. The zero-order chi connectivity index (χ0) is 16.6. The van der Waals surface area contributed by atoms with Crippen molar-refractivity contribution in [2.45, 2.75) is 24.7 Å². The second-order valence-corrected chi connectivity index (χ2v) is 8.11. The predicted molar refractivity (Wildman–Crippen MR) is 87.6 cm³/mol. The van der Waals surface area contributed by atoms with Crippen LogP contribution in [-0.4, -0.2) is 56.8 Å². The lowest BCUT2D eigenvalue weighted by atomic mass is 10.1. The van der Waals surface area contributed by atoms with E-state index in [9.17, 15) is 13.2 Å². The third-order valence-electron chi connectivity index (χ3n) is 4.54. The number of hydrogen-bond donors (Lipinski definition) is 1. The van der Waals surface area contributed by atoms with Crippen molar-refractivity contribution in [2.75, 3.05) is 32.7 Å². The van der Waals surface area contributed by atoms with Crippen molar-refractivity contribution in [3.05, 3.63) is 29.3 Å². The molecule has 1 saturated carbocycles. The van der Waals surface area contributed by atoms with Crippen LogP contribution in [0.3, 0.4) is 0 Å². The fraction of sp³-hybridized carbons (Fsp3) is 0.562. The lowest BCUT2D eigenvalue weighted by Gasteiger charge is -2.35. The SMILES string of the molecule is Cc1ccc(S(N)(=O)=O)c(C(=O)N2CCN(CC3CC3)CC2)c1. The van der Waals surface area contributed by atoms with Gasteiger partial charge in [-0.3, -0.25) is 9.69 Å². The lowest BCUT2D eigenvalue weighted by molar-refractivity contribution is 0.0628. The smallest absolute Gasteiger partial charge is 0.255 e. The van der Waals surface area contributed by atoms with Gasteiger partial charge in [-0.2, -0.15) is 0 Å². The van der Waals surface area contributed by atoms with Gasteiger partial charge in [-0.05, 0) is 37.8 Å². The summed E-state index contributed by atoms with van der Waals surface area (Å²) < 4.78 is 23.5. The number of carbonyl (C=O) groups excluding carboxylic acids is 1. The Hall–Kier alpha value is -1.44. The summed E-state index contributed by atoms with van der Waals surface area (Å²) in [6, 6.07) is 4.68. The number of amides is 1. The van der Waals surface area contributed by atoms with Crippen LogP contribution in [0.4, 0.5) is 0 Å². The molecule has 23 heavy (non-hydrogen) atoms. The molecule has 0 unspecified atom stereocenters. The van der Waals surface area contributed by atoms with E-state index in [1.54, 1.807) is 17.0 Å². The summed E-state index contributed by atoms with van der Waals surface area (Å²) in [5.74, 6) is 0.590. The van der Waals surface area contributed by atoms with Crippen LogP contribution in [0.2, 0.25) is 0 Å². The highest BCUT2D eigenvalue weighted by Crippen LogP contribution is 2.30. The van der Waals surface area contributed by atoms with Gasteiger partial charge in [0.1, 0.15) is 0 Å². The van der Waals surface area contributed by atoms with Crippen molar-refractivity contribution in [1.82, 2.24) is 9.80 Å². The van der Waals surface area contributed by atoms with Crippen molar-refractivity contribution in [1.29, 1.82) is 0 Å². The van der Waals surface area contributed by atoms with Gasteiger partial charge >= 0.3 is 0 Å². The third-order valence-corrected chi connectivity index (χ3v) is 5.51. The molecule has 2 fully saturated rings. The highest BCUT2D eigenvalue weighted by Gasteiger charge is 2.29. The van der Waals surface area contributed by atoms with Crippen LogP contribution < -0.4 is 5.14 Å². The van der Waals surface area contributed by atoms with Gasteiger partial charge in [-0.1, -0.05) is 11.6 Å². The number of nitrogens with two attached hydrogens (primary N) is 1. The standard InChI is InChI=1S/C16H23N3O3S/c1-12-2-5-15(23(17,21)22)14(10-12)16(20)19-8-6-18(7-9-19)11-13-3-4-13/h2,5,10,13H,3-4,6-9,11H2,1H3,(H2,17,21,22). The second kappa shape index (κ2) is 6.22. The maximum absolute atomic E-state index is 12.7. The zero-order valence-corrected chi connectivity index (χ0v) is 14.2. The number of rotatable bonds is 4. The molecule has 2 N–H and O–H groups in total. The Morgan fingerprint density at radius 1 is 1.22 bits per heavy atom. The summed E-state index contributed by atoms with van der Waals surface area (Å²) in [7, 11) is -3.91. The molecule has 1 aliphatic carbocycles. The van der Waals surface area contributed by atoms with E-state index in [-0.39, 0.29) is 16.4 Å². The van der Waals surface area contributed by atoms with Crippen LogP contribution in [-0.2, 0) is 10.0 Å². The maximum atomic E-state index is 12.7. The summed E-state index contributed by atoms with van der Waals surface area (Å²) in [5.41, 5.74) is 1.02. The van der Waals surface area contributed by atoms with Crippen LogP contribution in [0.5, 0.6) is 0 Å². The van der Waals surface area contributed by atoms with Gasteiger partial charge in [0.15, 0.2) is 0 Å². The van der Waals surface area contributed by atoms with Crippen LogP contribution >= 0.6 is 0 Å². The van der Waals surface area contributed by atoms with Gasteiger partial charge in [0.05, 0.1) is 10.5 Å². The van der Waals surface area contributed by atoms with Crippen LogP contribution in [0.25, 0.3) is 0 Å². The first-order chi connectivity index (χ1) is 10.8. The maximum Gasteiger partial charge on any atom is 0.255 e. The molecule has 0 atom stereocenters. The molecule has 0 spiro atoms. The first-order valence-corrected chi connectivity index (χ1v) is 9.54. The lowest BCUT2D eigenvalue weighted by Crippen LogP contribution is -2.49. The van der Waals surface area contributed by atoms with Gasteiger partial charge in [-0.15, -0.1) is 0 Å². The van der Waals surface area contributed by atoms with E-state index in [0.717, 1.165) is 31.1 Å². The Labute approximate surface area is 137 Å². The molecule has 1 amide bonds. The Morgan fingerprint density at radius 3 is 2.43 bits per heavy atom. The van der Waals surface area contributed by atoms with E-state index in [2.05, 4.69) is 4.90 Å². The van der Waals surface area contributed by atoms with Crippen molar-refractivity contribution in [3.8, 4) is 0 Å². The van der Waals surface area contributed by atoms with E-state index >= 15 is 0 Å². The molecule has 1 heterocycles. The highest BCUT2D eigenvalue weighted by atomic mass is 32.2. The molecule has 126 valence electrons. The molecule has 1 aromatic rings. The number of hydrogen-bond acceptors (Lipinski definition) is 4. The van der Waals surface area contributed by atoms with Gasteiger partial charge in [0.25, 0.3) is 5.91 Å². The summed E-state index contributed by atoms with van der Waals surface area (Å²) in [5, 5.41) is 5.25. The minimum Gasteiger partial charge on any atom is -0.336 e. The van der Waals surface area contributed by atoms with E-state index < -0.39 is 10.0 Å². The molecular weight excluding hydrogens is 314 g/mol. The van der Waals surface area contributed by atoms with Gasteiger partial charge in [0.2, 0.25) is 10.0 Å². The topological polar surface area (TPSA) is 83.7 Å². The third kappa shape index (κ3) is 3.91. The number of nitrogens with zero attached hydrogens (tertiary/aromatic N) is 2. The number of sulfonamides is 1. The van der Waals surface area contributed by atoms with E-state index in [0.29, 0.717) is 13.1 Å². The van der Waals surface area contributed by atoms with Gasteiger partial charge in [0, 0.05) is 32.7 Å². The van der Waals surface area contributed by atoms with Crippen molar-refractivity contribution < 1.29 is 13.2 Å². The quantitative estimate of drug-likeness (QED) is 0.881. The molecule has 1 aliphatic heterocycles. The summed E-state index contributed by atoms with van der Waals surface area (Å²) in [4.78, 5) is 16.8. The minimum atomic E-state index is -3.91. The monoisotopic (exact) mass is 337 g/mol. The number of benzene rings is 1. The van der Waals surface area contributed by atoms with Crippen molar-refractivity contribution in [3.63, 3.8) is 0 Å². The predicted octanol–water partition coefficient (Wildman–Crippen LogP) is 0.810. The number of carbonyl (C=O) groups is 1. The zero-order valence-electron chi connectivity index (χ0n) is 13.4. The van der Waals surface area contributed by atoms with Gasteiger partial charge in [-0.25, -0.2) is 13.6 Å². The number of primary sulfonamides is 1. The molecule has 1 saturated heterocycles. The average Bonchev–Trinajstić information content (AvgIpc) is 3.30. The Bertz CT molecular complexity index is 705. The van der Waals surface area contributed by atoms with E-state index in [4.69, 9.17) is 5.14 Å². The molecule has 3 rings (SSSR count). The van der Waals surface area contributed by atoms with Gasteiger partial charge < -0.3 is 4.90 Å². The summed E-state index contributed by atoms with van der Waals surface area (Å²) in [6.07, 6.45) is 2.64. The molecule has 0 bridgehead atoms. The first-order valence-electron chi connectivity index (χ1n) is 7.99. The van der Waals surface area contributed by atoms with Crippen LogP contribution in [0.15, 0.2) is 23.1 Å².